The molecule has 0 radical (unpaired) electrons. The summed E-state index contributed by atoms with van der Waals surface area (Å²) in [6.45, 7) is 6.72. The maximum absolute atomic E-state index is 13.4. The molecule has 37 heavy (non-hydrogen) atoms. The summed E-state index contributed by atoms with van der Waals surface area (Å²) < 4.78 is 5.76. The number of hydrogen-bond acceptors (Lipinski definition) is 6. The monoisotopic (exact) mass is 499 g/mol. The normalized spacial score (nSPS) is 16.9. The predicted molar refractivity (Wildman–Crippen MR) is 145 cm³/mol. The maximum atomic E-state index is 13.4. The average molecular weight is 500 g/mol. The van der Waals surface area contributed by atoms with Crippen molar-refractivity contribution in [3.05, 3.63) is 94.8 Å². The Balaban J connectivity index is 1.86. The molecule has 1 aliphatic heterocycles. The van der Waals surface area contributed by atoms with Gasteiger partial charge in [0, 0.05) is 44.3 Å². The van der Waals surface area contributed by atoms with E-state index in [4.69, 9.17) is 4.74 Å². The maximum Gasteiger partial charge on any atom is 0.295 e. The zero-order valence-electron chi connectivity index (χ0n) is 21.9. The quantitative estimate of drug-likeness (QED) is 0.258. The second-order valence-electron chi connectivity index (χ2n) is 9.61. The zero-order chi connectivity index (χ0) is 26.7. The number of amides is 1. The molecule has 0 saturated carbocycles. The Morgan fingerprint density at radius 2 is 1.84 bits per heavy atom. The number of ketones is 1. The van der Waals surface area contributed by atoms with E-state index >= 15 is 0 Å². The molecule has 1 atom stereocenters. The molecule has 1 amide bonds. The number of anilines is 1. The van der Waals surface area contributed by atoms with E-state index in [1.54, 1.807) is 30.6 Å². The number of ether oxygens (including phenoxy) is 1. The molecule has 0 bridgehead atoms. The molecule has 4 rings (SSSR count). The Kier molecular flexibility index (Phi) is 7.62. The molecule has 2 aromatic carbocycles. The van der Waals surface area contributed by atoms with Crippen LogP contribution in [0, 0.1) is 0 Å². The van der Waals surface area contributed by atoms with Crippen LogP contribution in [0.5, 0.6) is 5.75 Å². The van der Waals surface area contributed by atoms with Gasteiger partial charge in [-0.2, -0.15) is 0 Å². The minimum absolute atomic E-state index is 0.0744. The van der Waals surface area contributed by atoms with Crippen LogP contribution in [0.25, 0.3) is 5.76 Å². The average Bonchev–Trinajstić information content (AvgIpc) is 3.14. The van der Waals surface area contributed by atoms with E-state index in [1.807, 2.05) is 76.2 Å². The Labute approximate surface area is 218 Å². The number of carbonyl (C=O) groups excluding carboxylic acids is 2. The fraction of sp³-hybridized carbons (Fsp3) is 0.300. The number of aromatic nitrogens is 1. The molecule has 0 spiro atoms. The highest BCUT2D eigenvalue weighted by Gasteiger charge is 2.46. The van der Waals surface area contributed by atoms with E-state index in [-0.39, 0.29) is 23.8 Å². The van der Waals surface area contributed by atoms with Crippen LogP contribution < -0.4 is 9.64 Å². The number of aliphatic hydroxyl groups excluding tert-OH is 1. The first kappa shape index (κ1) is 25.9. The number of pyridine rings is 1. The van der Waals surface area contributed by atoms with E-state index in [0.29, 0.717) is 12.2 Å². The van der Waals surface area contributed by atoms with Crippen LogP contribution in [0.2, 0.25) is 0 Å². The minimum atomic E-state index is -0.745. The van der Waals surface area contributed by atoms with Crippen LogP contribution in [-0.2, 0) is 16.1 Å². The third kappa shape index (κ3) is 5.21. The highest BCUT2D eigenvalue weighted by Crippen LogP contribution is 2.41. The Hall–Kier alpha value is -4.13. The van der Waals surface area contributed by atoms with Gasteiger partial charge in [-0.05, 0) is 65.9 Å². The topological polar surface area (TPSA) is 83.0 Å². The van der Waals surface area contributed by atoms with E-state index < -0.39 is 17.7 Å². The van der Waals surface area contributed by atoms with Crippen LogP contribution in [-0.4, -0.2) is 47.4 Å². The third-order valence-electron chi connectivity index (χ3n) is 6.55. The molecule has 2 heterocycles. The highest BCUT2D eigenvalue weighted by molar-refractivity contribution is 6.46. The summed E-state index contributed by atoms with van der Waals surface area (Å²) in [5.74, 6) is -0.678. The second kappa shape index (κ2) is 10.9. The first-order valence-electron chi connectivity index (χ1n) is 12.4. The molecule has 7 nitrogen and oxygen atoms in total. The first-order chi connectivity index (χ1) is 17.7. The first-order valence-corrected chi connectivity index (χ1v) is 12.4. The van der Waals surface area contributed by atoms with Gasteiger partial charge in [-0.1, -0.05) is 32.0 Å². The van der Waals surface area contributed by atoms with Crippen LogP contribution in [0.15, 0.2) is 72.6 Å². The van der Waals surface area contributed by atoms with Gasteiger partial charge in [0.15, 0.2) is 0 Å². The van der Waals surface area contributed by atoms with Gasteiger partial charge in [0.05, 0.1) is 18.2 Å². The smallest absolute Gasteiger partial charge is 0.295 e. The molecule has 7 heteroatoms. The van der Waals surface area contributed by atoms with E-state index in [2.05, 4.69) is 4.98 Å². The Morgan fingerprint density at radius 1 is 1.11 bits per heavy atom. The SMILES string of the molecule is CCOc1ccc(/C(O)=C2/C(=O)C(=O)N(Cc3cccnc3)C2c2ccc(N(C)C)cc2)cc1C(C)C. The lowest BCUT2D eigenvalue weighted by Crippen LogP contribution is -2.29. The molecule has 3 aromatic rings. The van der Waals surface area contributed by atoms with Crippen molar-refractivity contribution in [2.75, 3.05) is 25.6 Å². The molecule has 1 fully saturated rings. The van der Waals surface area contributed by atoms with E-state index in [9.17, 15) is 14.7 Å². The van der Waals surface area contributed by atoms with Crippen LogP contribution in [0.1, 0.15) is 55.0 Å². The number of likely N-dealkylation sites (tertiary alicyclic amines) is 1. The van der Waals surface area contributed by atoms with Crippen LogP contribution in [0.3, 0.4) is 0 Å². The van der Waals surface area contributed by atoms with Crippen molar-refractivity contribution in [2.24, 2.45) is 0 Å². The van der Waals surface area contributed by atoms with Gasteiger partial charge in [-0.15, -0.1) is 0 Å². The molecule has 1 N–H and O–H groups in total. The van der Waals surface area contributed by atoms with Crippen molar-refractivity contribution in [3.63, 3.8) is 0 Å². The van der Waals surface area contributed by atoms with Crippen molar-refractivity contribution < 1.29 is 19.4 Å². The lowest BCUT2D eigenvalue weighted by atomic mass is 9.93. The van der Waals surface area contributed by atoms with Crippen molar-refractivity contribution in [1.82, 2.24) is 9.88 Å². The lowest BCUT2D eigenvalue weighted by molar-refractivity contribution is -0.140. The molecule has 192 valence electrons. The fourth-order valence-corrected chi connectivity index (χ4v) is 4.62. The standard InChI is InChI=1S/C30H33N3O4/c1-6-37-25-14-11-22(16-24(25)19(2)3)28(34)26-27(21-9-12-23(13-10-21)32(4)5)33(30(36)29(26)35)18-20-8-7-15-31-17-20/h7-17,19,27,34H,6,18H2,1-5H3/b28-26-. The van der Waals surface area contributed by atoms with E-state index in [0.717, 1.165) is 28.1 Å². The number of rotatable bonds is 8. The number of nitrogens with zero attached hydrogens (tertiary/aromatic N) is 3. The molecule has 1 saturated heterocycles. The summed E-state index contributed by atoms with van der Waals surface area (Å²) in [5, 5.41) is 11.5. The van der Waals surface area contributed by atoms with Gasteiger partial charge in [-0.3, -0.25) is 14.6 Å². The summed E-state index contributed by atoms with van der Waals surface area (Å²) in [7, 11) is 3.89. The number of hydrogen-bond donors (Lipinski definition) is 1. The van der Waals surface area contributed by atoms with Gasteiger partial charge in [0.25, 0.3) is 11.7 Å². The number of Topliss-reactive ketones (excluding diaryl/α,β-unsaturated/α-hetero) is 1. The van der Waals surface area contributed by atoms with Crippen molar-refractivity contribution >= 4 is 23.1 Å². The van der Waals surface area contributed by atoms with Gasteiger partial charge < -0.3 is 19.6 Å². The number of aliphatic hydroxyl groups is 1. The van der Waals surface area contributed by atoms with E-state index in [1.165, 1.54) is 4.90 Å². The summed E-state index contributed by atoms with van der Waals surface area (Å²) in [4.78, 5) is 34.4. The second-order valence-corrected chi connectivity index (χ2v) is 9.61. The summed E-state index contributed by atoms with van der Waals surface area (Å²) in [6, 6.07) is 15.9. The molecule has 0 aliphatic carbocycles. The number of carbonyl (C=O) groups is 2. The van der Waals surface area contributed by atoms with Crippen LogP contribution >= 0.6 is 0 Å². The Morgan fingerprint density at radius 3 is 2.43 bits per heavy atom. The summed E-state index contributed by atoms with van der Waals surface area (Å²) in [5.41, 5.74) is 3.99. The largest absolute Gasteiger partial charge is 0.507 e. The van der Waals surface area contributed by atoms with Gasteiger partial charge in [-0.25, -0.2) is 0 Å². The third-order valence-corrected chi connectivity index (χ3v) is 6.55. The highest BCUT2D eigenvalue weighted by atomic mass is 16.5. The molecule has 1 aliphatic rings. The summed E-state index contributed by atoms with van der Waals surface area (Å²) >= 11 is 0. The minimum Gasteiger partial charge on any atom is -0.507 e. The molecule has 1 unspecified atom stereocenters. The Bertz CT molecular complexity index is 1310. The summed E-state index contributed by atoms with van der Waals surface area (Å²) in [6.07, 6.45) is 3.33. The molecular weight excluding hydrogens is 466 g/mol. The number of benzene rings is 2. The van der Waals surface area contributed by atoms with Crippen molar-refractivity contribution in [2.45, 2.75) is 39.3 Å². The van der Waals surface area contributed by atoms with Gasteiger partial charge >= 0.3 is 0 Å². The van der Waals surface area contributed by atoms with Gasteiger partial charge in [0.1, 0.15) is 11.5 Å². The predicted octanol–water partition coefficient (Wildman–Crippen LogP) is 5.29. The molecule has 1 aromatic heterocycles. The molecular formula is C30H33N3O4. The zero-order valence-corrected chi connectivity index (χ0v) is 21.9. The van der Waals surface area contributed by atoms with Gasteiger partial charge in [0.2, 0.25) is 0 Å². The van der Waals surface area contributed by atoms with Crippen LogP contribution in [0.4, 0.5) is 5.69 Å². The van der Waals surface area contributed by atoms with Crippen molar-refractivity contribution in [3.8, 4) is 5.75 Å². The fourth-order valence-electron chi connectivity index (χ4n) is 4.62. The van der Waals surface area contributed by atoms with Crippen molar-refractivity contribution in [1.29, 1.82) is 0 Å². The lowest BCUT2D eigenvalue weighted by Gasteiger charge is -2.26.